The number of carbonyl (C=O) groups is 2. The first-order chi connectivity index (χ1) is 11.7. The molecular formula is C17H19N5O2. The van der Waals surface area contributed by atoms with Gasteiger partial charge in [-0.3, -0.25) is 9.59 Å². The number of rotatable bonds is 3. The van der Waals surface area contributed by atoms with Crippen LogP contribution < -0.4 is 5.32 Å². The van der Waals surface area contributed by atoms with Crippen molar-refractivity contribution in [2.24, 2.45) is 0 Å². The maximum absolute atomic E-state index is 12.9. The lowest BCUT2D eigenvalue weighted by molar-refractivity contribution is -0.121. The number of hydrogen-bond acceptors (Lipinski definition) is 4. The molecule has 2 aliphatic rings. The Kier molecular flexibility index (Phi) is 3.37. The molecule has 0 radical (unpaired) electrons. The van der Waals surface area contributed by atoms with E-state index in [4.69, 9.17) is 0 Å². The van der Waals surface area contributed by atoms with Crippen LogP contribution in [0.5, 0.6) is 0 Å². The third-order valence-electron chi connectivity index (χ3n) is 5.21. The number of fused-ring (bicyclic) bond motifs is 2. The number of likely N-dealkylation sites (tertiary alicyclic amines) is 1. The molecule has 1 spiro atoms. The zero-order valence-corrected chi connectivity index (χ0v) is 13.5. The van der Waals surface area contributed by atoms with Crippen molar-refractivity contribution in [1.29, 1.82) is 0 Å². The zero-order chi connectivity index (χ0) is 16.7. The van der Waals surface area contributed by atoms with Crippen LogP contribution in [-0.2, 0) is 10.2 Å². The number of amides is 2. The van der Waals surface area contributed by atoms with Crippen LogP contribution in [0, 0.1) is 0 Å². The van der Waals surface area contributed by atoms with Gasteiger partial charge in [-0.25, -0.2) is 0 Å². The van der Waals surface area contributed by atoms with E-state index in [0.717, 1.165) is 24.1 Å². The lowest BCUT2D eigenvalue weighted by atomic mass is 9.73. The minimum Gasteiger partial charge on any atom is -0.333 e. The Balaban J connectivity index is 1.77. The van der Waals surface area contributed by atoms with Gasteiger partial charge in [-0.15, -0.1) is 0 Å². The standard InChI is InChI=1S/C17H19N5O2/c1-2-5-14-17(11-6-3-4-7-12(11)19-16(17)24)8-9-22(14)15(23)13-10-18-21-20-13/h3-4,6-7,10,14H,2,5,8-9H2,1H3,(H,19,24)(H,18,20,21)/t14-,17+/m0/s1. The average molecular weight is 325 g/mol. The molecule has 7 nitrogen and oxygen atoms in total. The summed E-state index contributed by atoms with van der Waals surface area (Å²) in [5, 5.41) is 13.1. The quantitative estimate of drug-likeness (QED) is 0.899. The maximum Gasteiger partial charge on any atom is 0.276 e. The number of anilines is 1. The summed E-state index contributed by atoms with van der Waals surface area (Å²) in [6.45, 7) is 2.61. The Morgan fingerprint density at radius 3 is 3.00 bits per heavy atom. The van der Waals surface area contributed by atoms with Crippen molar-refractivity contribution >= 4 is 17.5 Å². The van der Waals surface area contributed by atoms with E-state index >= 15 is 0 Å². The highest BCUT2D eigenvalue weighted by Crippen LogP contribution is 2.49. The third kappa shape index (κ3) is 1.90. The van der Waals surface area contributed by atoms with Gasteiger partial charge < -0.3 is 10.2 Å². The van der Waals surface area contributed by atoms with Gasteiger partial charge in [0.15, 0.2) is 5.69 Å². The van der Waals surface area contributed by atoms with Crippen LogP contribution >= 0.6 is 0 Å². The molecule has 0 aliphatic carbocycles. The molecule has 7 heteroatoms. The van der Waals surface area contributed by atoms with E-state index in [-0.39, 0.29) is 17.9 Å². The SMILES string of the molecule is CCC[C@@H]1N(C(=O)c2cn[nH]n2)CC[C@]12C(=O)Nc1ccccc12. The Morgan fingerprint density at radius 2 is 2.25 bits per heavy atom. The smallest absolute Gasteiger partial charge is 0.276 e. The first kappa shape index (κ1) is 14.9. The summed E-state index contributed by atoms with van der Waals surface area (Å²) in [7, 11) is 0. The number of aromatic amines is 1. The second-order valence-corrected chi connectivity index (χ2v) is 6.38. The fraction of sp³-hybridized carbons (Fsp3) is 0.412. The van der Waals surface area contributed by atoms with Crippen LogP contribution in [0.2, 0.25) is 0 Å². The monoisotopic (exact) mass is 325 g/mol. The van der Waals surface area contributed by atoms with Crippen molar-refractivity contribution in [2.75, 3.05) is 11.9 Å². The van der Waals surface area contributed by atoms with Crippen LogP contribution in [0.1, 0.15) is 42.2 Å². The normalized spacial score (nSPS) is 25.1. The molecule has 2 atom stereocenters. The number of nitrogens with zero attached hydrogens (tertiary/aromatic N) is 3. The zero-order valence-electron chi connectivity index (χ0n) is 13.5. The van der Waals surface area contributed by atoms with E-state index in [9.17, 15) is 9.59 Å². The summed E-state index contributed by atoms with van der Waals surface area (Å²) in [5.41, 5.74) is 1.49. The lowest BCUT2D eigenvalue weighted by Gasteiger charge is -2.33. The van der Waals surface area contributed by atoms with Crippen LogP contribution in [0.4, 0.5) is 5.69 Å². The molecule has 3 heterocycles. The fourth-order valence-electron chi connectivity index (χ4n) is 4.17. The number of benzene rings is 1. The topological polar surface area (TPSA) is 91.0 Å². The number of para-hydroxylation sites is 1. The minimum absolute atomic E-state index is 0.00222. The predicted octanol–water partition coefficient (Wildman–Crippen LogP) is 1.71. The van der Waals surface area contributed by atoms with Crippen molar-refractivity contribution in [3.8, 4) is 0 Å². The molecule has 2 aromatic rings. The van der Waals surface area contributed by atoms with Gasteiger partial charge in [-0.2, -0.15) is 15.4 Å². The van der Waals surface area contributed by atoms with Gasteiger partial charge in [-0.05, 0) is 24.5 Å². The van der Waals surface area contributed by atoms with Crippen LogP contribution in [0.3, 0.4) is 0 Å². The average Bonchev–Trinajstić information content (AvgIpc) is 3.29. The van der Waals surface area contributed by atoms with E-state index in [0.29, 0.717) is 18.7 Å². The van der Waals surface area contributed by atoms with Crippen molar-refractivity contribution in [3.63, 3.8) is 0 Å². The molecule has 1 saturated heterocycles. The highest BCUT2D eigenvalue weighted by atomic mass is 16.2. The predicted molar refractivity (Wildman–Crippen MR) is 87.5 cm³/mol. The molecule has 2 N–H and O–H groups in total. The summed E-state index contributed by atoms with van der Waals surface area (Å²) < 4.78 is 0. The molecule has 124 valence electrons. The molecule has 1 aromatic heterocycles. The highest BCUT2D eigenvalue weighted by Gasteiger charge is 2.58. The number of hydrogen-bond donors (Lipinski definition) is 2. The molecule has 4 rings (SSSR count). The van der Waals surface area contributed by atoms with Gasteiger partial charge in [-0.1, -0.05) is 31.5 Å². The van der Waals surface area contributed by atoms with Gasteiger partial charge in [0, 0.05) is 12.2 Å². The molecule has 2 amide bonds. The summed E-state index contributed by atoms with van der Waals surface area (Å²) in [6.07, 6.45) is 3.72. The maximum atomic E-state index is 12.9. The van der Waals surface area contributed by atoms with E-state index in [1.165, 1.54) is 6.20 Å². The van der Waals surface area contributed by atoms with Crippen LogP contribution in [0.15, 0.2) is 30.5 Å². The van der Waals surface area contributed by atoms with Crippen molar-refractivity contribution in [3.05, 3.63) is 41.7 Å². The Bertz CT molecular complexity index is 788. The second kappa shape index (κ2) is 5.43. The van der Waals surface area contributed by atoms with Gasteiger partial charge >= 0.3 is 0 Å². The van der Waals surface area contributed by atoms with Gasteiger partial charge in [0.05, 0.1) is 17.7 Å². The number of H-pyrrole nitrogens is 1. The first-order valence-corrected chi connectivity index (χ1v) is 8.26. The fourth-order valence-corrected chi connectivity index (χ4v) is 4.17. The molecule has 0 unspecified atom stereocenters. The number of aromatic nitrogens is 3. The summed E-state index contributed by atoms with van der Waals surface area (Å²) >= 11 is 0. The van der Waals surface area contributed by atoms with Gasteiger partial charge in [0.25, 0.3) is 5.91 Å². The Hall–Kier alpha value is -2.70. The molecule has 2 aliphatic heterocycles. The lowest BCUT2D eigenvalue weighted by Crippen LogP contribution is -2.48. The largest absolute Gasteiger partial charge is 0.333 e. The van der Waals surface area contributed by atoms with Crippen molar-refractivity contribution in [2.45, 2.75) is 37.6 Å². The van der Waals surface area contributed by atoms with Gasteiger partial charge in [0.1, 0.15) is 0 Å². The second-order valence-electron chi connectivity index (χ2n) is 6.38. The summed E-state index contributed by atoms with van der Waals surface area (Å²) in [5.74, 6) is -0.172. The molecule has 1 fully saturated rings. The van der Waals surface area contributed by atoms with Crippen LogP contribution in [0.25, 0.3) is 0 Å². The van der Waals surface area contributed by atoms with Crippen LogP contribution in [-0.4, -0.2) is 44.7 Å². The van der Waals surface area contributed by atoms with Crippen molar-refractivity contribution in [1.82, 2.24) is 20.3 Å². The molecular weight excluding hydrogens is 306 g/mol. The van der Waals surface area contributed by atoms with Gasteiger partial charge in [0.2, 0.25) is 5.91 Å². The minimum atomic E-state index is -0.661. The third-order valence-corrected chi connectivity index (χ3v) is 5.21. The number of carbonyl (C=O) groups excluding carboxylic acids is 2. The van der Waals surface area contributed by atoms with Crippen molar-refractivity contribution < 1.29 is 9.59 Å². The molecule has 24 heavy (non-hydrogen) atoms. The Labute approximate surface area is 139 Å². The Morgan fingerprint density at radius 1 is 1.42 bits per heavy atom. The van der Waals surface area contributed by atoms with E-state index in [2.05, 4.69) is 27.7 Å². The van der Waals surface area contributed by atoms with E-state index in [1.54, 1.807) is 4.90 Å². The number of nitrogens with one attached hydrogen (secondary N) is 2. The molecule has 0 bridgehead atoms. The summed E-state index contributed by atoms with van der Waals surface area (Å²) in [6, 6.07) is 7.62. The summed E-state index contributed by atoms with van der Waals surface area (Å²) in [4.78, 5) is 27.5. The van der Waals surface area contributed by atoms with E-state index < -0.39 is 5.41 Å². The van der Waals surface area contributed by atoms with E-state index in [1.807, 2.05) is 24.3 Å². The first-order valence-electron chi connectivity index (χ1n) is 8.26. The highest BCUT2D eigenvalue weighted by molar-refractivity contribution is 6.08. The molecule has 1 aromatic carbocycles. The molecule has 0 saturated carbocycles.